The van der Waals surface area contributed by atoms with Crippen molar-refractivity contribution < 1.29 is 9.59 Å². The van der Waals surface area contributed by atoms with E-state index in [9.17, 15) is 9.59 Å². The molecular weight excluding hydrogens is 214 g/mol. The van der Waals surface area contributed by atoms with Crippen molar-refractivity contribution in [1.82, 2.24) is 4.98 Å². The maximum atomic E-state index is 12.4. The van der Waals surface area contributed by atoms with Crippen LogP contribution in [-0.4, -0.2) is 16.6 Å². The van der Waals surface area contributed by atoms with E-state index >= 15 is 0 Å². The molecule has 0 amide bonds. The van der Waals surface area contributed by atoms with Crippen molar-refractivity contribution in [3.05, 3.63) is 41.7 Å². The van der Waals surface area contributed by atoms with Crippen molar-refractivity contribution >= 4 is 11.6 Å². The minimum absolute atomic E-state index is 0.0713. The van der Waals surface area contributed by atoms with Crippen molar-refractivity contribution in [2.75, 3.05) is 0 Å². The quantitative estimate of drug-likeness (QED) is 0.633. The molecule has 3 aliphatic carbocycles. The van der Waals surface area contributed by atoms with Crippen LogP contribution in [0.2, 0.25) is 0 Å². The van der Waals surface area contributed by atoms with Crippen LogP contribution in [0.3, 0.4) is 0 Å². The lowest BCUT2D eigenvalue weighted by Crippen LogP contribution is -2.39. The molecule has 1 heterocycles. The van der Waals surface area contributed by atoms with Crippen molar-refractivity contribution in [3.8, 4) is 0 Å². The second-order valence-electron chi connectivity index (χ2n) is 5.13. The van der Waals surface area contributed by atoms with Crippen LogP contribution >= 0.6 is 0 Å². The summed E-state index contributed by atoms with van der Waals surface area (Å²) in [6.07, 6.45) is 6.76. The summed E-state index contributed by atoms with van der Waals surface area (Å²) < 4.78 is 0. The minimum atomic E-state index is -0.139. The third-order valence-corrected chi connectivity index (χ3v) is 4.37. The second-order valence-corrected chi connectivity index (χ2v) is 5.13. The molecule has 0 spiro atoms. The Bertz CT molecular complexity index is 526. The molecule has 0 unspecified atom stereocenters. The largest absolute Gasteiger partial charge is 0.294 e. The van der Waals surface area contributed by atoms with Gasteiger partial charge in [-0.25, -0.2) is 0 Å². The molecule has 0 radical (unpaired) electrons. The van der Waals surface area contributed by atoms with Gasteiger partial charge in [-0.1, -0.05) is 12.2 Å². The maximum Gasteiger partial charge on any atom is 0.186 e. The van der Waals surface area contributed by atoms with Crippen LogP contribution in [0.5, 0.6) is 0 Å². The number of nitrogens with zero attached hydrogens (tertiary/aromatic N) is 1. The summed E-state index contributed by atoms with van der Waals surface area (Å²) >= 11 is 0. The number of carbonyl (C=O) groups excluding carboxylic acids is 2. The Morgan fingerprint density at radius 3 is 2.53 bits per heavy atom. The molecule has 17 heavy (non-hydrogen) atoms. The number of aromatic nitrogens is 1. The smallest absolute Gasteiger partial charge is 0.186 e. The molecule has 1 saturated carbocycles. The first kappa shape index (κ1) is 9.28. The average molecular weight is 225 g/mol. The second kappa shape index (κ2) is 2.92. The summed E-state index contributed by atoms with van der Waals surface area (Å²) in [5.41, 5.74) is 0.916. The third kappa shape index (κ3) is 0.996. The van der Waals surface area contributed by atoms with E-state index in [1.165, 1.54) is 0 Å². The Morgan fingerprint density at radius 2 is 1.76 bits per heavy atom. The molecule has 3 heteroatoms. The fraction of sp³-hybridized carbons (Fsp3) is 0.357. The van der Waals surface area contributed by atoms with Gasteiger partial charge < -0.3 is 0 Å². The van der Waals surface area contributed by atoms with Crippen LogP contribution in [0, 0.1) is 23.7 Å². The predicted octanol–water partition coefficient (Wildman–Crippen LogP) is 1.90. The van der Waals surface area contributed by atoms with Gasteiger partial charge in [0.25, 0.3) is 0 Å². The highest BCUT2D eigenvalue weighted by Gasteiger charge is 2.54. The van der Waals surface area contributed by atoms with Gasteiger partial charge in [0.1, 0.15) is 5.69 Å². The fourth-order valence-corrected chi connectivity index (χ4v) is 3.68. The van der Waals surface area contributed by atoms with Crippen LogP contribution in [0.1, 0.15) is 27.3 Å². The van der Waals surface area contributed by atoms with Gasteiger partial charge in [0.2, 0.25) is 0 Å². The Labute approximate surface area is 98.6 Å². The monoisotopic (exact) mass is 225 g/mol. The zero-order valence-corrected chi connectivity index (χ0v) is 9.17. The predicted molar refractivity (Wildman–Crippen MR) is 60.6 cm³/mol. The SMILES string of the molecule is O=C1c2cccnc2C(=O)[C@H]2[C@H]1[C@H]1C=C[C@H]2C1. The molecule has 0 saturated heterocycles. The number of ketones is 2. The molecule has 4 atom stereocenters. The molecule has 1 aromatic rings. The van der Waals surface area contributed by atoms with E-state index in [1.54, 1.807) is 18.3 Å². The van der Waals surface area contributed by atoms with Crippen LogP contribution < -0.4 is 0 Å². The topological polar surface area (TPSA) is 47.0 Å². The number of allylic oxidation sites excluding steroid dienone is 2. The molecule has 2 bridgehead atoms. The Balaban J connectivity index is 1.94. The van der Waals surface area contributed by atoms with Gasteiger partial charge in [0.15, 0.2) is 11.6 Å². The van der Waals surface area contributed by atoms with E-state index in [-0.39, 0.29) is 35.2 Å². The number of Topliss-reactive ketones (excluding diaryl/α,β-unsaturated/α-hetero) is 2. The lowest BCUT2D eigenvalue weighted by molar-refractivity contribution is 0.0716. The van der Waals surface area contributed by atoms with Crippen molar-refractivity contribution in [3.63, 3.8) is 0 Å². The summed E-state index contributed by atoms with van der Waals surface area (Å²) in [4.78, 5) is 28.9. The van der Waals surface area contributed by atoms with E-state index < -0.39 is 0 Å². The van der Waals surface area contributed by atoms with E-state index in [0.717, 1.165) is 6.42 Å². The van der Waals surface area contributed by atoms with Gasteiger partial charge >= 0.3 is 0 Å². The highest BCUT2D eigenvalue weighted by atomic mass is 16.1. The van der Waals surface area contributed by atoms with Gasteiger partial charge in [-0.05, 0) is 30.4 Å². The summed E-state index contributed by atoms with van der Waals surface area (Å²) in [6, 6.07) is 3.46. The van der Waals surface area contributed by atoms with Gasteiger partial charge in [-0.2, -0.15) is 0 Å². The molecule has 84 valence electrons. The first-order chi connectivity index (χ1) is 8.27. The van der Waals surface area contributed by atoms with E-state index in [0.29, 0.717) is 11.3 Å². The Kier molecular flexibility index (Phi) is 1.59. The maximum absolute atomic E-state index is 12.4. The van der Waals surface area contributed by atoms with Gasteiger partial charge in [0.05, 0.1) is 0 Å². The zero-order valence-electron chi connectivity index (χ0n) is 9.17. The van der Waals surface area contributed by atoms with Crippen LogP contribution in [0.15, 0.2) is 30.5 Å². The number of rotatable bonds is 0. The van der Waals surface area contributed by atoms with E-state index in [2.05, 4.69) is 17.1 Å². The molecule has 0 N–H and O–H groups in total. The number of carbonyl (C=O) groups is 2. The molecule has 1 fully saturated rings. The van der Waals surface area contributed by atoms with Crippen LogP contribution in [-0.2, 0) is 0 Å². The molecule has 1 aromatic heterocycles. The highest BCUT2D eigenvalue weighted by molar-refractivity contribution is 6.15. The van der Waals surface area contributed by atoms with Crippen LogP contribution in [0.4, 0.5) is 0 Å². The van der Waals surface area contributed by atoms with Crippen molar-refractivity contribution in [2.24, 2.45) is 23.7 Å². The lowest BCUT2D eigenvalue weighted by atomic mass is 9.71. The number of hydrogen-bond acceptors (Lipinski definition) is 3. The molecule has 4 rings (SSSR count). The minimum Gasteiger partial charge on any atom is -0.294 e. The lowest BCUT2D eigenvalue weighted by Gasteiger charge is -2.30. The number of hydrogen-bond donors (Lipinski definition) is 0. The van der Waals surface area contributed by atoms with Gasteiger partial charge in [-0.15, -0.1) is 0 Å². The zero-order chi connectivity index (χ0) is 11.6. The summed E-state index contributed by atoms with van der Waals surface area (Å²) in [5, 5.41) is 0. The first-order valence-corrected chi connectivity index (χ1v) is 5.99. The van der Waals surface area contributed by atoms with Gasteiger partial charge in [0, 0.05) is 23.6 Å². The van der Waals surface area contributed by atoms with E-state index in [1.807, 2.05) is 0 Å². The molecule has 0 aromatic carbocycles. The fourth-order valence-electron chi connectivity index (χ4n) is 3.68. The number of pyridine rings is 1. The number of fused-ring (bicyclic) bond motifs is 6. The van der Waals surface area contributed by atoms with Gasteiger partial charge in [-0.3, -0.25) is 14.6 Å². The molecular formula is C14H11NO2. The van der Waals surface area contributed by atoms with Crippen LogP contribution in [0.25, 0.3) is 0 Å². The summed E-state index contributed by atoms with van der Waals surface area (Å²) in [7, 11) is 0. The Morgan fingerprint density at radius 1 is 1.06 bits per heavy atom. The standard InChI is InChI=1S/C14H11NO2/c16-13-9-2-1-5-15-12(9)14(17)11-8-4-3-7(6-8)10(11)13/h1-5,7-8,10-11H,6H2/t7-,8-,10+,11+/m0/s1. The Hall–Kier alpha value is -1.77. The van der Waals surface area contributed by atoms with E-state index in [4.69, 9.17) is 0 Å². The summed E-state index contributed by atoms with van der Waals surface area (Å²) in [5.74, 6) is 0.470. The summed E-state index contributed by atoms with van der Waals surface area (Å²) in [6.45, 7) is 0. The normalized spacial score (nSPS) is 37.2. The van der Waals surface area contributed by atoms with Crippen molar-refractivity contribution in [1.29, 1.82) is 0 Å². The average Bonchev–Trinajstić information content (AvgIpc) is 2.96. The molecule has 3 aliphatic rings. The third-order valence-electron chi connectivity index (χ3n) is 4.37. The highest BCUT2D eigenvalue weighted by Crippen LogP contribution is 2.52. The molecule has 0 aliphatic heterocycles. The van der Waals surface area contributed by atoms with Crippen molar-refractivity contribution in [2.45, 2.75) is 6.42 Å². The molecule has 3 nitrogen and oxygen atoms in total. The first-order valence-electron chi connectivity index (χ1n) is 5.99.